The Morgan fingerprint density at radius 1 is 1.30 bits per heavy atom. The number of ether oxygens (including phenoxy) is 1. The fourth-order valence-corrected chi connectivity index (χ4v) is 3.38. The summed E-state index contributed by atoms with van der Waals surface area (Å²) >= 11 is 0. The van der Waals surface area contributed by atoms with Gasteiger partial charge in [-0.25, -0.2) is 0 Å². The van der Waals surface area contributed by atoms with E-state index in [1.807, 2.05) is 6.07 Å². The van der Waals surface area contributed by atoms with Crippen molar-refractivity contribution in [3.05, 3.63) is 42.2 Å². The summed E-state index contributed by atoms with van der Waals surface area (Å²) < 4.78 is 44.3. The van der Waals surface area contributed by atoms with Crippen molar-refractivity contribution in [1.82, 2.24) is 4.98 Å². The molecule has 0 aliphatic carbocycles. The fourth-order valence-electron chi connectivity index (χ4n) is 3.38. The lowest BCUT2D eigenvalue weighted by molar-refractivity contribution is -0.0578. The maximum atomic E-state index is 13.0. The molecule has 3 N–H and O–H groups in total. The number of anilines is 1. The molecule has 1 aliphatic rings. The zero-order valence-corrected chi connectivity index (χ0v) is 14.9. The van der Waals surface area contributed by atoms with Gasteiger partial charge in [0.25, 0.3) is 0 Å². The molecule has 2 aromatic rings. The van der Waals surface area contributed by atoms with Crippen LogP contribution >= 0.6 is 0 Å². The summed E-state index contributed by atoms with van der Waals surface area (Å²) in [6.45, 7) is 1.58. The van der Waals surface area contributed by atoms with Crippen molar-refractivity contribution in [2.45, 2.75) is 25.1 Å². The maximum Gasteiger partial charge on any atom is 0.433 e. The monoisotopic (exact) mass is 378 g/mol. The molecule has 0 atom stereocenters. The number of pyridine rings is 1. The van der Waals surface area contributed by atoms with Crippen LogP contribution < -0.4 is 10.6 Å². The van der Waals surface area contributed by atoms with Crippen molar-refractivity contribution in [2.24, 2.45) is 5.73 Å². The van der Waals surface area contributed by atoms with Crippen LogP contribution in [0, 0.1) is 5.41 Å². The molecule has 0 bridgehead atoms. The molecule has 1 saturated heterocycles. The molecule has 1 aliphatic heterocycles. The highest BCUT2D eigenvalue weighted by molar-refractivity contribution is 6.25. The number of alkyl halides is 3. The molecule has 0 unspecified atom stereocenters. The van der Waals surface area contributed by atoms with E-state index >= 15 is 0 Å². The fraction of sp³-hybridized carbons (Fsp3) is 0.368. The Morgan fingerprint density at radius 3 is 2.59 bits per heavy atom. The molecule has 1 aromatic carbocycles. The summed E-state index contributed by atoms with van der Waals surface area (Å²) in [4.78, 5) is 6.49. The first-order valence-electron chi connectivity index (χ1n) is 8.60. The Balaban J connectivity index is 2.01. The summed E-state index contributed by atoms with van der Waals surface area (Å²) in [5, 5.41) is 8.16. The number of methoxy groups -OCH3 is 1. The number of hydrogen-bond acceptors (Lipinski definition) is 5. The third-order valence-electron chi connectivity index (χ3n) is 4.87. The zero-order valence-electron chi connectivity index (χ0n) is 14.9. The van der Waals surface area contributed by atoms with Gasteiger partial charge in [-0.15, -0.1) is 0 Å². The van der Waals surface area contributed by atoms with E-state index in [2.05, 4.69) is 9.88 Å². The van der Waals surface area contributed by atoms with Gasteiger partial charge in [0.05, 0.1) is 11.6 Å². The molecule has 2 heterocycles. The van der Waals surface area contributed by atoms with Gasteiger partial charge in [-0.1, -0.05) is 6.07 Å². The van der Waals surface area contributed by atoms with Gasteiger partial charge in [0.15, 0.2) is 0 Å². The number of aromatic nitrogens is 1. The lowest BCUT2D eigenvalue weighted by atomic mass is 9.98. The number of rotatable bonds is 4. The number of piperidine rings is 1. The first kappa shape index (κ1) is 19.2. The van der Waals surface area contributed by atoms with Crippen LogP contribution in [-0.4, -0.2) is 43.2 Å². The number of nitrogens with zero attached hydrogens (tertiary/aromatic N) is 2. The van der Waals surface area contributed by atoms with Crippen molar-refractivity contribution in [2.75, 3.05) is 25.1 Å². The van der Waals surface area contributed by atoms with Crippen LogP contribution in [0.3, 0.4) is 0 Å². The lowest BCUT2D eigenvalue weighted by Crippen LogP contribution is -2.36. The van der Waals surface area contributed by atoms with Crippen LogP contribution in [0.1, 0.15) is 18.4 Å². The highest BCUT2D eigenvalue weighted by Gasteiger charge is 2.37. The second-order valence-corrected chi connectivity index (χ2v) is 6.44. The van der Waals surface area contributed by atoms with E-state index in [4.69, 9.17) is 15.9 Å². The molecule has 5 nitrogen and oxygen atoms in total. The molecule has 1 fully saturated rings. The Morgan fingerprint density at radius 2 is 2.00 bits per heavy atom. The molecule has 3 rings (SSSR count). The van der Waals surface area contributed by atoms with Crippen LogP contribution in [0.15, 0.2) is 36.7 Å². The van der Waals surface area contributed by atoms with E-state index < -0.39 is 11.9 Å². The van der Waals surface area contributed by atoms with Gasteiger partial charge < -0.3 is 15.4 Å². The molecule has 0 radical (unpaired) electrons. The molecular weight excluding hydrogens is 357 g/mol. The molecule has 1 aromatic heterocycles. The largest absolute Gasteiger partial charge is 0.433 e. The Kier molecular flexibility index (Phi) is 5.36. The highest BCUT2D eigenvalue weighted by Crippen LogP contribution is 2.32. The van der Waals surface area contributed by atoms with Crippen LogP contribution in [0.4, 0.5) is 18.9 Å². The van der Waals surface area contributed by atoms with Gasteiger partial charge in [-0.05, 0) is 36.6 Å². The van der Waals surface area contributed by atoms with Gasteiger partial charge in [0.1, 0.15) is 5.71 Å². The van der Waals surface area contributed by atoms with Gasteiger partial charge in [-0.2, -0.15) is 13.2 Å². The number of benzene rings is 1. The molecule has 8 heteroatoms. The number of allylic oxidation sites excluding steroid dienone is 1. The molecule has 0 saturated carbocycles. The van der Waals surface area contributed by atoms with Crippen LogP contribution in [0.25, 0.3) is 16.5 Å². The number of halogens is 3. The standard InChI is InChI=1S/C19H21F3N4O/c1-27-13-5-8-26(9-6-13)17-4-7-25-16-3-2-12(10-14(16)17)15(11-23)18(24)19(20,21)22/h2-4,7,10-11,13,24H,5-6,8-9,23H2,1H3/b15-11-,24-18?. The van der Waals surface area contributed by atoms with Crippen molar-refractivity contribution < 1.29 is 17.9 Å². The highest BCUT2D eigenvalue weighted by atomic mass is 19.4. The quantitative estimate of drug-likeness (QED) is 0.795. The number of nitrogens with two attached hydrogens (primary N) is 1. The number of nitrogens with one attached hydrogen (secondary N) is 1. The van der Waals surface area contributed by atoms with Gasteiger partial charge in [0, 0.05) is 49.2 Å². The molecular formula is C19H21F3N4O. The SMILES string of the molecule is COC1CCN(c2ccnc3ccc(/C(=C/N)C(=N)C(F)(F)F)cc23)CC1. The van der Waals surface area contributed by atoms with E-state index in [-0.39, 0.29) is 17.2 Å². The maximum absolute atomic E-state index is 13.0. The Labute approximate surface area is 155 Å². The average Bonchev–Trinajstić information content (AvgIpc) is 2.67. The molecule has 27 heavy (non-hydrogen) atoms. The first-order valence-corrected chi connectivity index (χ1v) is 8.60. The summed E-state index contributed by atoms with van der Waals surface area (Å²) in [6, 6.07) is 6.65. The number of hydrogen-bond donors (Lipinski definition) is 2. The van der Waals surface area contributed by atoms with Crippen LogP contribution in [0.5, 0.6) is 0 Å². The van der Waals surface area contributed by atoms with E-state index in [0.717, 1.165) is 43.2 Å². The minimum atomic E-state index is -4.76. The first-order chi connectivity index (χ1) is 12.8. The predicted octanol–water partition coefficient (Wildman–Crippen LogP) is 3.73. The van der Waals surface area contributed by atoms with Crippen LogP contribution in [-0.2, 0) is 4.74 Å². The number of fused-ring (bicyclic) bond motifs is 1. The van der Waals surface area contributed by atoms with Gasteiger partial charge in [-0.3, -0.25) is 10.4 Å². The van der Waals surface area contributed by atoms with E-state index in [1.165, 1.54) is 6.07 Å². The third kappa shape index (κ3) is 3.90. The Bertz CT molecular complexity index is 871. The van der Waals surface area contributed by atoms with Gasteiger partial charge in [0.2, 0.25) is 0 Å². The van der Waals surface area contributed by atoms with Crippen molar-refractivity contribution in [1.29, 1.82) is 5.41 Å². The normalized spacial score (nSPS) is 16.7. The predicted molar refractivity (Wildman–Crippen MR) is 99.9 cm³/mol. The summed E-state index contributed by atoms with van der Waals surface area (Å²) in [7, 11) is 1.70. The second-order valence-electron chi connectivity index (χ2n) is 6.44. The second kappa shape index (κ2) is 7.56. The topological polar surface area (TPSA) is 75.2 Å². The molecule has 0 spiro atoms. The third-order valence-corrected chi connectivity index (χ3v) is 4.87. The van der Waals surface area contributed by atoms with E-state index in [1.54, 1.807) is 25.4 Å². The summed E-state index contributed by atoms with van der Waals surface area (Å²) in [6.07, 6.45) is -0.253. The van der Waals surface area contributed by atoms with Crippen molar-refractivity contribution >= 4 is 27.9 Å². The summed E-state index contributed by atoms with van der Waals surface area (Å²) in [5.74, 6) is 0. The van der Waals surface area contributed by atoms with Crippen molar-refractivity contribution in [3.8, 4) is 0 Å². The van der Waals surface area contributed by atoms with E-state index in [9.17, 15) is 13.2 Å². The van der Waals surface area contributed by atoms with Crippen LogP contribution in [0.2, 0.25) is 0 Å². The summed E-state index contributed by atoms with van der Waals surface area (Å²) in [5.41, 5.74) is 5.44. The van der Waals surface area contributed by atoms with Gasteiger partial charge >= 0.3 is 6.18 Å². The smallest absolute Gasteiger partial charge is 0.404 e. The van der Waals surface area contributed by atoms with Crippen molar-refractivity contribution in [3.63, 3.8) is 0 Å². The minimum absolute atomic E-state index is 0.226. The zero-order chi connectivity index (χ0) is 19.6. The average molecular weight is 378 g/mol. The Hall–Kier alpha value is -2.61. The molecule has 144 valence electrons. The van der Waals surface area contributed by atoms with E-state index in [0.29, 0.717) is 5.52 Å². The molecule has 0 amide bonds. The lowest BCUT2D eigenvalue weighted by Gasteiger charge is -2.33. The minimum Gasteiger partial charge on any atom is -0.404 e.